The number of amides is 1. The molecule has 0 aliphatic rings. The second-order valence-electron chi connectivity index (χ2n) is 5.66. The van der Waals surface area contributed by atoms with E-state index in [1.54, 1.807) is 60.7 Å². The van der Waals surface area contributed by atoms with Gasteiger partial charge in [0.05, 0.1) is 6.21 Å². The van der Waals surface area contributed by atoms with Crippen LogP contribution in [0.2, 0.25) is 5.02 Å². The molecule has 6 heteroatoms. The third kappa shape index (κ3) is 5.39. The van der Waals surface area contributed by atoms with Crippen LogP contribution in [0.4, 0.5) is 4.39 Å². The molecule has 0 radical (unpaired) electrons. The molecule has 3 aromatic carbocycles. The Balaban J connectivity index is 1.58. The van der Waals surface area contributed by atoms with Crippen molar-refractivity contribution in [3.63, 3.8) is 0 Å². The summed E-state index contributed by atoms with van der Waals surface area (Å²) in [6.45, 7) is 0.126. The molecule has 3 aromatic rings. The summed E-state index contributed by atoms with van der Waals surface area (Å²) in [5, 5.41) is 4.50. The molecule has 0 unspecified atom stereocenters. The van der Waals surface area contributed by atoms with E-state index in [-0.39, 0.29) is 18.3 Å². The summed E-state index contributed by atoms with van der Waals surface area (Å²) >= 11 is 5.80. The smallest absolute Gasteiger partial charge is 0.271 e. The first-order valence-corrected chi connectivity index (χ1v) is 8.55. The van der Waals surface area contributed by atoms with Gasteiger partial charge in [0.25, 0.3) is 5.91 Å². The highest BCUT2D eigenvalue weighted by Gasteiger charge is 2.04. The van der Waals surface area contributed by atoms with Crippen LogP contribution in [0.3, 0.4) is 0 Å². The first kappa shape index (κ1) is 18.6. The molecule has 27 heavy (non-hydrogen) atoms. The molecule has 136 valence electrons. The lowest BCUT2D eigenvalue weighted by Crippen LogP contribution is -2.17. The standard InChI is InChI=1S/C21H16ClFN2O2/c22-18-10-8-16(9-11-18)21(26)25-24-13-15-4-3-6-19(12-15)27-14-17-5-1-2-7-20(17)23/h1-13H,14H2,(H,25,26)/b24-13-. The van der Waals surface area contributed by atoms with Crippen molar-refractivity contribution in [2.45, 2.75) is 6.61 Å². The number of rotatable bonds is 6. The Hall–Kier alpha value is -3.18. The van der Waals surface area contributed by atoms with Gasteiger partial charge in [-0.3, -0.25) is 4.79 Å². The van der Waals surface area contributed by atoms with E-state index in [9.17, 15) is 9.18 Å². The highest BCUT2D eigenvalue weighted by atomic mass is 35.5. The molecular formula is C21H16ClFN2O2. The number of nitrogens with zero attached hydrogens (tertiary/aromatic N) is 1. The van der Waals surface area contributed by atoms with Crippen LogP contribution in [0.1, 0.15) is 21.5 Å². The van der Waals surface area contributed by atoms with Crippen molar-refractivity contribution in [1.82, 2.24) is 5.43 Å². The van der Waals surface area contributed by atoms with Gasteiger partial charge in [-0.15, -0.1) is 0 Å². The lowest BCUT2D eigenvalue weighted by molar-refractivity contribution is 0.0955. The van der Waals surface area contributed by atoms with Crippen LogP contribution >= 0.6 is 11.6 Å². The van der Waals surface area contributed by atoms with Crippen LogP contribution in [0.15, 0.2) is 77.9 Å². The average Bonchev–Trinajstić information content (AvgIpc) is 2.68. The largest absolute Gasteiger partial charge is 0.489 e. The predicted molar refractivity (Wildman–Crippen MR) is 104 cm³/mol. The second-order valence-corrected chi connectivity index (χ2v) is 6.10. The predicted octanol–water partition coefficient (Wildman–Crippen LogP) is 4.82. The first-order chi connectivity index (χ1) is 13.1. The molecule has 0 aliphatic heterocycles. The van der Waals surface area contributed by atoms with Crippen LogP contribution in [-0.2, 0) is 6.61 Å². The SMILES string of the molecule is O=C(N/N=C\c1cccc(OCc2ccccc2F)c1)c1ccc(Cl)cc1. The minimum atomic E-state index is -0.338. The maximum absolute atomic E-state index is 13.6. The molecule has 1 amide bonds. The van der Waals surface area contributed by atoms with E-state index in [1.807, 2.05) is 6.07 Å². The summed E-state index contributed by atoms with van der Waals surface area (Å²) in [5.74, 6) is -0.0683. The number of halogens is 2. The van der Waals surface area contributed by atoms with Crippen LogP contribution in [0.25, 0.3) is 0 Å². The zero-order chi connectivity index (χ0) is 19.1. The monoisotopic (exact) mass is 382 g/mol. The third-order valence-electron chi connectivity index (χ3n) is 3.70. The minimum absolute atomic E-state index is 0.126. The van der Waals surface area contributed by atoms with Gasteiger partial charge < -0.3 is 4.74 Å². The summed E-state index contributed by atoms with van der Waals surface area (Å²) in [5.41, 5.74) is 4.12. The Labute approximate surface area is 161 Å². The van der Waals surface area contributed by atoms with Crippen molar-refractivity contribution in [2.24, 2.45) is 5.10 Å². The summed E-state index contributed by atoms with van der Waals surface area (Å²) < 4.78 is 19.2. The normalized spacial score (nSPS) is 10.7. The number of carbonyl (C=O) groups is 1. The topological polar surface area (TPSA) is 50.7 Å². The van der Waals surface area contributed by atoms with Gasteiger partial charge in [-0.1, -0.05) is 41.9 Å². The van der Waals surface area contributed by atoms with Gasteiger partial charge in [0.1, 0.15) is 18.2 Å². The lowest BCUT2D eigenvalue weighted by atomic mass is 10.2. The molecule has 0 heterocycles. The van der Waals surface area contributed by atoms with Crippen LogP contribution in [0.5, 0.6) is 5.75 Å². The average molecular weight is 383 g/mol. The molecule has 0 saturated carbocycles. The number of nitrogens with one attached hydrogen (secondary N) is 1. The summed E-state index contributed by atoms with van der Waals surface area (Å²) in [6.07, 6.45) is 1.50. The van der Waals surface area contributed by atoms with Gasteiger partial charge in [-0.05, 0) is 48.0 Å². The molecule has 0 fully saturated rings. The quantitative estimate of drug-likeness (QED) is 0.490. The Morgan fingerprint density at radius 1 is 1.07 bits per heavy atom. The summed E-state index contributed by atoms with van der Waals surface area (Å²) in [4.78, 5) is 12.0. The number of ether oxygens (including phenoxy) is 1. The third-order valence-corrected chi connectivity index (χ3v) is 3.95. The molecule has 1 N–H and O–H groups in total. The number of hydrazone groups is 1. The minimum Gasteiger partial charge on any atom is -0.489 e. The van der Waals surface area contributed by atoms with Crippen LogP contribution < -0.4 is 10.2 Å². The maximum atomic E-state index is 13.6. The number of hydrogen-bond donors (Lipinski definition) is 1. The van der Waals surface area contributed by atoms with E-state index in [0.717, 1.165) is 5.56 Å². The van der Waals surface area contributed by atoms with E-state index < -0.39 is 0 Å². The van der Waals surface area contributed by atoms with Gasteiger partial charge in [0.15, 0.2) is 0 Å². The Morgan fingerprint density at radius 2 is 1.85 bits per heavy atom. The molecule has 0 spiro atoms. The lowest BCUT2D eigenvalue weighted by Gasteiger charge is -2.07. The second kappa shape index (κ2) is 8.96. The summed E-state index contributed by atoms with van der Waals surface area (Å²) in [6, 6.07) is 20.1. The Bertz CT molecular complexity index is 958. The van der Waals surface area contributed by atoms with Crippen molar-refractivity contribution in [2.75, 3.05) is 0 Å². The first-order valence-electron chi connectivity index (χ1n) is 8.17. The van der Waals surface area contributed by atoms with Gasteiger partial charge in [0.2, 0.25) is 0 Å². The molecule has 0 saturated heterocycles. The highest BCUT2D eigenvalue weighted by molar-refractivity contribution is 6.30. The Kier molecular flexibility index (Phi) is 6.18. The van der Waals surface area contributed by atoms with Gasteiger partial charge in [-0.2, -0.15) is 5.10 Å². The van der Waals surface area contributed by atoms with Crippen molar-refractivity contribution >= 4 is 23.7 Å². The Morgan fingerprint density at radius 3 is 2.63 bits per heavy atom. The molecule has 0 aliphatic carbocycles. The van der Waals surface area contributed by atoms with Crippen molar-refractivity contribution in [1.29, 1.82) is 0 Å². The maximum Gasteiger partial charge on any atom is 0.271 e. The van der Waals surface area contributed by atoms with E-state index in [4.69, 9.17) is 16.3 Å². The molecule has 0 bridgehead atoms. The molecule has 0 aromatic heterocycles. The van der Waals surface area contributed by atoms with Gasteiger partial charge in [0, 0.05) is 16.1 Å². The van der Waals surface area contributed by atoms with E-state index >= 15 is 0 Å². The zero-order valence-electron chi connectivity index (χ0n) is 14.2. The van der Waals surface area contributed by atoms with Gasteiger partial charge >= 0.3 is 0 Å². The van der Waals surface area contributed by atoms with Crippen LogP contribution in [-0.4, -0.2) is 12.1 Å². The molecule has 0 atom stereocenters. The fourth-order valence-corrected chi connectivity index (χ4v) is 2.42. The number of benzene rings is 3. The molecular weight excluding hydrogens is 367 g/mol. The molecule has 3 rings (SSSR count). The number of hydrogen-bond acceptors (Lipinski definition) is 3. The van der Waals surface area contributed by atoms with Gasteiger partial charge in [-0.25, -0.2) is 9.82 Å². The van der Waals surface area contributed by atoms with E-state index in [2.05, 4.69) is 10.5 Å². The summed E-state index contributed by atoms with van der Waals surface area (Å²) in [7, 11) is 0. The van der Waals surface area contributed by atoms with E-state index in [0.29, 0.717) is 21.9 Å². The fraction of sp³-hybridized carbons (Fsp3) is 0.0476. The van der Waals surface area contributed by atoms with Crippen molar-refractivity contribution in [3.05, 3.63) is 100 Å². The number of carbonyl (C=O) groups excluding carboxylic acids is 1. The fourth-order valence-electron chi connectivity index (χ4n) is 2.29. The molecule has 4 nitrogen and oxygen atoms in total. The highest BCUT2D eigenvalue weighted by Crippen LogP contribution is 2.15. The zero-order valence-corrected chi connectivity index (χ0v) is 15.0. The van der Waals surface area contributed by atoms with Crippen molar-refractivity contribution in [3.8, 4) is 5.75 Å². The van der Waals surface area contributed by atoms with E-state index in [1.165, 1.54) is 12.3 Å². The van der Waals surface area contributed by atoms with Crippen molar-refractivity contribution < 1.29 is 13.9 Å². The van der Waals surface area contributed by atoms with Crippen LogP contribution in [0, 0.1) is 5.82 Å².